The van der Waals surface area contributed by atoms with E-state index in [9.17, 15) is 5.26 Å². The maximum atomic E-state index is 9.65. The third-order valence-electron chi connectivity index (χ3n) is 9.91. The van der Waals surface area contributed by atoms with Crippen molar-refractivity contribution < 1.29 is 0 Å². The molecular formula is C23H37N. The molecule has 4 aliphatic rings. The molecule has 1 heteroatoms. The van der Waals surface area contributed by atoms with E-state index in [2.05, 4.69) is 33.8 Å². The van der Waals surface area contributed by atoms with Gasteiger partial charge >= 0.3 is 0 Å². The van der Waals surface area contributed by atoms with E-state index in [4.69, 9.17) is 0 Å². The number of rotatable bonds is 1. The van der Waals surface area contributed by atoms with E-state index in [0.717, 1.165) is 35.5 Å². The van der Waals surface area contributed by atoms with Crippen LogP contribution in [-0.4, -0.2) is 0 Å². The van der Waals surface area contributed by atoms with Gasteiger partial charge in [-0.1, -0.05) is 34.1 Å². The fourth-order valence-electron chi connectivity index (χ4n) is 8.41. The first kappa shape index (κ1) is 16.9. The van der Waals surface area contributed by atoms with Crippen LogP contribution in [0.15, 0.2) is 0 Å². The summed E-state index contributed by atoms with van der Waals surface area (Å²) in [7, 11) is 0. The average Bonchev–Trinajstić information content (AvgIpc) is 2.91. The Hall–Kier alpha value is -0.510. The molecule has 1 nitrogen and oxygen atoms in total. The lowest BCUT2D eigenvalue weighted by molar-refractivity contribution is -0.126. The molecule has 24 heavy (non-hydrogen) atoms. The fraction of sp³-hybridized carbons (Fsp3) is 0.957. The Morgan fingerprint density at radius 3 is 2.46 bits per heavy atom. The summed E-state index contributed by atoms with van der Waals surface area (Å²) in [4.78, 5) is 0. The predicted octanol–water partition coefficient (Wildman–Crippen LogP) is 6.44. The summed E-state index contributed by atoms with van der Waals surface area (Å²) in [5.41, 5.74) is 0.938. The van der Waals surface area contributed by atoms with Crippen molar-refractivity contribution in [1.29, 1.82) is 5.26 Å². The van der Waals surface area contributed by atoms with Gasteiger partial charge in [0.15, 0.2) is 0 Å². The van der Waals surface area contributed by atoms with Crippen molar-refractivity contribution in [2.24, 2.45) is 52.3 Å². The third-order valence-corrected chi connectivity index (χ3v) is 9.91. The number of hydrogen-bond acceptors (Lipinski definition) is 1. The van der Waals surface area contributed by atoms with Crippen molar-refractivity contribution in [3.8, 4) is 6.07 Å². The molecule has 4 saturated carbocycles. The van der Waals surface area contributed by atoms with Crippen LogP contribution in [0.5, 0.6) is 0 Å². The van der Waals surface area contributed by atoms with E-state index in [1.54, 1.807) is 0 Å². The van der Waals surface area contributed by atoms with Crippen LogP contribution in [0.3, 0.4) is 0 Å². The topological polar surface area (TPSA) is 23.8 Å². The van der Waals surface area contributed by atoms with Crippen LogP contribution in [0.25, 0.3) is 0 Å². The van der Waals surface area contributed by atoms with Gasteiger partial charge in [-0.2, -0.15) is 5.26 Å². The Labute approximate surface area is 149 Å². The van der Waals surface area contributed by atoms with Crippen LogP contribution in [0.4, 0.5) is 0 Å². The third kappa shape index (κ3) is 2.17. The highest BCUT2D eigenvalue weighted by molar-refractivity contribution is 5.12. The minimum absolute atomic E-state index is 0.337. The molecule has 0 unspecified atom stereocenters. The monoisotopic (exact) mass is 327 g/mol. The van der Waals surface area contributed by atoms with Gasteiger partial charge in [-0.15, -0.1) is 0 Å². The zero-order valence-electron chi connectivity index (χ0n) is 16.4. The van der Waals surface area contributed by atoms with Crippen molar-refractivity contribution >= 4 is 0 Å². The molecule has 0 aromatic heterocycles. The van der Waals surface area contributed by atoms with Gasteiger partial charge in [0.2, 0.25) is 0 Å². The zero-order chi connectivity index (χ0) is 17.1. The molecule has 4 rings (SSSR count). The maximum Gasteiger partial charge on any atom is 0.0661 e. The van der Waals surface area contributed by atoms with E-state index >= 15 is 0 Å². The summed E-state index contributed by atoms with van der Waals surface area (Å²) >= 11 is 0. The number of nitriles is 1. The molecule has 0 aromatic rings. The van der Waals surface area contributed by atoms with Gasteiger partial charge in [0.25, 0.3) is 0 Å². The molecule has 0 N–H and O–H groups in total. The van der Waals surface area contributed by atoms with Gasteiger partial charge in [0.1, 0.15) is 0 Å². The first-order valence-electron chi connectivity index (χ1n) is 10.8. The number of fused-ring (bicyclic) bond motifs is 5. The van der Waals surface area contributed by atoms with Crippen molar-refractivity contribution in [2.45, 2.75) is 85.5 Å². The Morgan fingerprint density at radius 1 is 1.00 bits per heavy atom. The quantitative estimate of drug-likeness (QED) is 0.543. The SMILES string of the molecule is CC[C@H]1C[C@@]2(C)[C@@H](CC[C@@H]3[C@@H]2CC[C@]2(C)[C@@H](C#N)CC[C@@H]32)C[C@@H]1C. The predicted molar refractivity (Wildman–Crippen MR) is 99.2 cm³/mol. The minimum Gasteiger partial charge on any atom is -0.198 e. The number of hydrogen-bond donors (Lipinski definition) is 0. The normalized spacial score (nSPS) is 56.7. The summed E-state index contributed by atoms with van der Waals surface area (Å²) in [6, 6.07) is 2.69. The van der Waals surface area contributed by atoms with Crippen LogP contribution in [0.2, 0.25) is 0 Å². The molecule has 0 amide bonds. The van der Waals surface area contributed by atoms with Gasteiger partial charge in [-0.05, 0) is 97.7 Å². The average molecular weight is 328 g/mol. The standard InChI is InChI=1S/C23H37N/c1-5-16-13-23(4)17(12-15(16)2)6-8-19-20-9-7-18(14-24)22(20,3)11-10-21(19)23/h15-21H,5-13H2,1-4H3/t15-,16-,17-,18+,19-,20-,21-,22+,23-/m0/s1. The smallest absolute Gasteiger partial charge is 0.0661 e. The summed E-state index contributed by atoms with van der Waals surface area (Å²) in [6.07, 6.45) is 12.5. The van der Waals surface area contributed by atoms with E-state index < -0.39 is 0 Å². The van der Waals surface area contributed by atoms with Gasteiger partial charge < -0.3 is 0 Å². The van der Waals surface area contributed by atoms with E-state index in [0.29, 0.717) is 16.7 Å². The van der Waals surface area contributed by atoms with E-state index in [1.807, 2.05) is 0 Å². The van der Waals surface area contributed by atoms with Gasteiger partial charge in [-0.25, -0.2) is 0 Å². The molecule has 9 atom stereocenters. The fourth-order valence-corrected chi connectivity index (χ4v) is 8.41. The molecule has 0 spiro atoms. The molecule has 134 valence electrons. The second-order valence-corrected chi connectivity index (χ2v) is 10.5. The van der Waals surface area contributed by atoms with Gasteiger partial charge in [0, 0.05) is 0 Å². The summed E-state index contributed by atoms with van der Waals surface area (Å²) in [5.74, 6) is 5.93. The first-order chi connectivity index (χ1) is 11.4. The molecule has 4 aliphatic carbocycles. The second-order valence-electron chi connectivity index (χ2n) is 10.5. The Balaban J connectivity index is 1.62. The van der Waals surface area contributed by atoms with Crippen LogP contribution in [-0.2, 0) is 0 Å². The summed E-state index contributed by atoms with van der Waals surface area (Å²) < 4.78 is 0. The zero-order valence-corrected chi connectivity index (χ0v) is 16.4. The van der Waals surface area contributed by atoms with Crippen LogP contribution < -0.4 is 0 Å². The molecule has 0 heterocycles. The molecule has 0 radical (unpaired) electrons. The second kappa shape index (κ2) is 5.75. The maximum absolute atomic E-state index is 9.65. The van der Waals surface area contributed by atoms with Crippen LogP contribution in [0.1, 0.15) is 85.5 Å². The lowest BCUT2D eigenvalue weighted by atomic mass is 9.43. The Bertz CT molecular complexity index is 533. The Morgan fingerprint density at radius 2 is 1.75 bits per heavy atom. The lowest BCUT2D eigenvalue weighted by Crippen LogP contribution is -2.54. The van der Waals surface area contributed by atoms with Crippen molar-refractivity contribution in [3.05, 3.63) is 0 Å². The van der Waals surface area contributed by atoms with E-state index in [-0.39, 0.29) is 0 Å². The molecular weight excluding hydrogens is 290 g/mol. The summed E-state index contributed by atoms with van der Waals surface area (Å²) in [6.45, 7) is 10.1. The highest BCUT2D eigenvalue weighted by Crippen LogP contribution is 2.68. The largest absolute Gasteiger partial charge is 0.198 e. The van der Waals surface area contributed by atoms with Crippen LogP contribution >= 0.6 is 0 Å². The number of nitrogens with zero attached hydrogens (tertiary/aromatic N) is 1. The molecule has 0 bridgehead atoms. The van der Waals surface area contributed by atoms with Crippen molar-refractivity contribution in [3.63, 3.8) is 0 Å². The summed E-state index contributed by atoms with van der Waals surface area (Å²) in [5, 5.41) is 9.65. The Kier molecular flexibility index (Phi) is 4.06. The minimum atomic E-state index is 0.337. The highest BCUT2D eigenvalue weighted by atomic mass is 14.6. The van der Waals surface area contributed by atoms with Gasteiger partial charge in [0.05, 0.1) is 12.0 Å². The van der Waals surface area contributed by atoms with E-state index in [1.165, 1.54) is 57.8 Å². The highest BCUT2D eigenvalue weighted by Gasteiger charge is 2.60. The molecule has 0 saturated heterocycles. The molecule has 4 fully saturated rings. The lowest BCUT2D eigenvalue weighted by Gasteiger charge is -2.62. The van der Waals surface area contributed by atoms with Crippen molar-refractivity contribution in [1.82, 2.24) is 0 Å². The van der Waals surface area contributed by atoms with Crippen molar-refractivity contribution in [2.75, 3.05) is 0 Å². The molecule has 0 aliphatic heterocycles. The molecule has 0 aromatic carbocycles. The van der Waals surface area contributed by atoms with Gasteiger partial charge in [-0.3, -0.25) is 0 Å². The first-order valence-corrected chi connectivity index (χ1v) is 10.8. The van der Waals surface area contributed by atoms with Crippen LogP contribution in [0, 0.1) is 63.6 Å².